The molecule has 1 aromatic rings. The monoisotopic (exact) mass is 195 g/mol. The minimum absolute atomic E-state index is 0.0296. The number of hydrogen-bond acceptors (Lipinski definition) is 3. The SMILES string of the molecule is O=C1CCC(=O)C(c2cccs2)N1. The molecule has 1 amide bonds. The van der Waals surface area contributed by atoms with Crippen LogP contribution in [0.25, 0.3) is 0 Å². The largest absolute Gasteiger partial charge is 0.341 e. The molecular formula is C9H9NO2S. The summed E-state index contributed by atoms with van der Waals surface area (Å²) >= 11 is 1.50. The van der Waals surface area contributed by atoms with Crippen molar-refractivity contribution in [3.05, 3.63) is 22.4 Å². The van der Waals surface area contributed by atoms with Crippen LogP contribution in [0, 0.1) is 0 Å². The topological polar surface area (TPSA) is 46.2 Å². The summed E-state index contributed by atoms with van der Waals surface area (Å²) in [6, 6.07) is 3.37. The standard InChI is InChI=1S/C9H9NO2S/c11-6-3-4-8(12)10-9(6)7-2-1-5-13-7/h1-2,5,9H,3-4H2,(H,10,12). The van der Waals surface area contributed by atoms with Gasteiger partial charge in [0.25, 0.3) is 0 Å². The third-order valence-corrected chi connectivity index (χ3v) is 2.99. The van der Waals surface area contributed by atoms with Gasteiger partial charge in [0.05, 0.1) is 0 Å². The zero-order valence-electron chi connectivity index (χ0n) is 6.95. The van der Waals surface area contributed by atoms with Gasteiger partial charge in [0.1, 0.15) is 6.04 Å². The van der Waals surface area contributed by atoms with Gasteiger partial charge in [-0.2, -0.15) is 0 Å². The van der Waals surface area contributed by atoms with Crippen molar-refractivity contribution >= 4 is 23.0 Å². The molecule has 2 heterocycles. The van der Waals surface area contributed by atoms with Crippen LogP contribution in [0.5, 0.6) is 0 Å². The van der Waals surface area contributed by atoms with Crippen molar-refractivity contribution in [3.63, 3.8) is 0 Å². The van der Waals surface area contributed by atoms with E-state index in [1.165, 1.54) is 11.3 Å². The van der Waals surface area contributed by atoms with E-state index in [-0.39, 0.29) is 17.7 Å². The zero-order valence-corrected chi connectivity index (χ0v) is 7.76. The Bertz CT molecular complexity index is 331. The van der Waals surface area contributed by atoms with Crippen molar-refractivity contribution < 1.29 is 9.59 Å². The van der Waals surface area contributed by atoms with Crippen LogP contribution in [0.15, 0.2) is 17.5 Å². The van der Waals surface area contributed by atoms with E-state index >= 15 is 0 Å². The lowest BCUT2D eigenvalue weighted by Gasteiger charge is -2.20. The molecule has 0 saturated carbocycles. The number of hydrogen-bond donors (Lipinski definition) is 1. The Balaban J connectivity index is 2.22. The predicted molar refractivity (Wildman–Crippen MR) is 49.4 cm³/mol. The number of piperidine rings is 1. The molecule has 68 valence electrons. The zero-order chi connectivity index (χ0) is 9.26. The highest BCUT2D eigenvalue weighted by Gasteiger charge is 2.27. The molecule has 0 aliphatic carbocycles. The van der Waals surface area contributed by atoms with E-state index in [4.69, 9.17) is 0 Å². The van der Waals surface area contributed by atoms with Crippen molar-refractivity contribution in [2.24, 2.45) is 0 Å². The summed E-state index contributed by atoms with van der Waals surface area (Å²) in [7, 11) is 0. The normalized spacial score (nSPS) is 22.9. The molecule has 0 radical (unpaired) electrons. The van der Waals surface area contributed by atoms with Gasteiger partial charge in [-0.15, -0.1) is 11.3 Å². The lowest BCUT2D eigenvalue weighted by molar-refractivity contribution is -0.132. The van der Waals surface area contributed by atoms with Crippen molar-refractivity contribution in [3.8, 4) is 0 Å². The van der Waals surface area contributed by atoms with Crippen LogP contribution < -0.4 is 5.32 Å². The van der Waals surface area contributed by atoms with E-state index in [1.54, 1.807) is 0 Å². The second-order valence-corrected chi connectivity index (χ2v) is 3.96. The first-order valence-corrected chi connectivity index (χ1v) is 5.01. The van der Waals surface area contributed by atoms with Gasteiger partial charge in [-0.1, -0.05) is 6.07 Å². The first kappa shape index (κ1) is 8.44. The van der Waals surface area contributed by atoms with Gasteiger partial charge in [-0.3, -0.25) is 9.59 Å². The number of ketones is 1. The maximum atomic E-state index is 11.4. The van der Waals surface area contributed by atoms with Crippen LogP contribution in [0.3, 0.4) is 0 Å². The van der Waals surface area contributed by atoms with E-state index in [0.717, 1.165) is 4.88 Å². The number of nitrogens with one attached hydrogen (secondary N) is 1. The Morgan fingerprint density at radius 1 is 1.38 bits per heavy atom. The van der Waals surface area contributed by atoms with E-state index in [9.17, 15) is 9.59 Å². The maximum Gasteiger partial charge on any atom is 0.221 e. The first-order chi connectivity index (χ1) is 6.27. The molecule has 4 heteroatoms. The van der Waals surface area contributed by atoms with Gasteiger partial charge in [-0.05, 0) is 11.4 Å². The quantitative estimate of drug-likeness (QED) is 0.733. The van der Waals surface area contributed by atoms with Gasteiger partial charge in [0.2, 0.25) is 5.91 Å². The van der Waals surface area contributed by atoms with Gasteiger partial charge in [0.15, 0.2) is 5.78 Å². The summed E-state index contributed by atoms with van der Waals surface area (Å²) in [5.74, 6) is 0.0834. The summed E-state index contributed by atoms with van der Waals surface area (Å²) in [5, 5.41) is 4.60. The van der Waals surface area contributed by atoms with Gasteiger partial charge in [-0.25, -0.2) is 0 Å². The lowest BCUT2D eigenvalue weighted by atomic mass is 10.0. The fraction of sp³-hybridized carbons (Fsp3) is 0.333. The molecule has 0 spiro atoms. The van der Waals surface area contributed by atoms with Crippen LogP contribution >= 0.6 is 11.3 Å². The Hall–Kier alpha value is -1.16. The fourth-order valence-electron chi connectivity index (χ4n) is 1.38. The molecule has 0 bridgehead atoms. The summed E-state index contributed by atoms with van der Waals surface area (Å²) in [6.45, 7) is 0. The maximum absolute atomic E-state index is 11.4. The highest BCUT2D eigenvalue weighted by atomic mass is 32.1. The van der Waals surface area contributed by atoms with E-state index in [1.807, 2.05) is 17.5 Å². The highest BCUT2D eigenvalue weighted by molar-refractivity contribution is 7.10. The Morgan fingerprint density at radius 2 is 2.23 bits per heavy atom. The Kier molecular flexibility index (Phi) is 2.14. The average Bonchev–Trinajstić information content (AvgIpc) is 2.61. The second kappa shape index (κ2) is 3.30. The fourth-order valence-corrected chi connectivity index (χ4v) is 2.18. The molecule has 1 aromatic heterocycles. The van der Waals surface area contributed by atoms with Crippen LogP contribution in [0.1, 0.15) is 23.8 Å². The summed E-state index contributed by atoms with van der Waals surface area (Å²) in [5.41, 5.74) is 0. The number of carbonyl (C=O) groups is 2. The first-order valence-electron chi connectivity index (χ1n) is 4.13. The third-order valence-electron chi connectivity index (χ3n) is 2.05. The summed E-state index contributed by atoms with van der Waals surface area (Å²) in [6.07, 6.45) is 0.703. The molecule has 2 rings (SSSR count). The summed E-state index contributed by atoms with van der Waals surface area (Å²) < 4.78 is 0. The Morgan fingerprint density at radius 3 is 2.92 bits per heavy atom. The number of Topliss-reactive ketones (excluding diaryl/α,β-unsaturated/α-hetero) is 1. The third kappa shape index (κ3) is 1.62. The molecule has 1 aliphatic rings. The lowest BCUT2D eigenvalue weighted by Crippen LogP contribution is -2.38. The van der Waals surface area contributed by atoms with Crippen LogP contribution in [-0.2, 0) is 9.59 Å². The number of carbonyl (C=O) groups excluding carboxylic acids is 2. The molecular weight excluding hydrogens is 186 g/mol. The number of amides is 1. The summed E-state index contributed by atoms with van der Waals surface area (Å²) in [4.78, 5) is 23.4. The molecule has 1 aliphatic heterocycles. The highest BCUT2D eigenvalue weighted by Crippen LogP contribution is 2.24. The minimum Gasteiger partial charge on any atom is -0.341 e. The second-order valence-electron chi connectivity index (χ2n) is 2.98. The van der Waals surface area contributed by atoms with E-state index < -0.39 is 0 Å². The van der Waals surface area contributed by atoms with Crippen molar-refractivity contribution in [1.82, 2.24) is 5.32 Å². The van der Waals surface area contributed by atoms with Gasteiger partial charge < -0.3 is 5.32 Å². The van der Waals surface area contributed by atoms with Crippen LogP contribution in [0.2, 0.25) is 0 Å². The molecule has 1 fully saturated rings. The van der Waals surface area contributed by atoms with Crippen molar-refractivity contribution in [2.45, 2.75) is 18.9 Å². The molecule has 13 heavy (non-hydrogen) atoms. The minimum atomic E-state index is -0.388. The van der Waals surface area contributed by atoms with E-state index in [2.05, 4.69) is 5.32 Å². The van der Waals surface area contributed by atoms with Crippen molar-refractivity contribution in [1.29, 1.82) is 0 Å². The number of thiophene rings is 1. The molecule has 1 N–H and O–H groups in total. The smallest absolute Gasteiger partial charge is 0.221 e. The molecule has 3 nitrogen and oxygen atoms in total. The van der Waals surface area contributed by atoms with Gasteiger partial charge in [0, 0.05) is 17.7 Å². The van der Waals surface area contributed by atoms with Crippen LogP contribution in [0.4, 0.5) is 0 Å². The predicted octanol–water partition coefficient (Wildman–Crippen LogP) is 1.27. The molecule has 1 unspecified atom stereocenters. The Labute approximate surface area is 79.8 Å². The molecule has 1 saturated heterocycles. The number of rotatable bonds is 1. The van der Waals surface area contributed by atoms with Gasteiger partial charge >= 0.3 is 0 Å². The van der Waals surface area contributed by atoms with Crippen molar-refractivity contribution in [2.75, 3.05) is 0 Å². The van der Waals surface area contributed by atoms with E-state index in [0.29, 0.717) is 12.8 Å². The van der Waals surface area contributed by atoms with Crippen LogP contribution in [-0.4, -0.2) is 11.7 Å². The average molecular weight is 195 g/mol. The molecule has 1 atom stereocenters. The molecule has 0 aromatic carbocycles.